The van der Waals surface area contributed by atoms with E-state index < -0.39 is 0 Å². The number of benzene rings is 1. The molecule has 0 radical (unpaired) electrons. The monoisotopic (exact) mass is 382 g/mol. The summed E-state index contributed by atoms with van der Waals surface area (Å²) in [6, 6.07) is 7.42. The number of carbonyl (C=O) groups is 1. The third kappa shape index (κ3) is 5.64. The number of ether oxygens (including phenoxy) is 1. The Balaban J connectivity index is 1.88. The number of amides is 1. The van der Waals surface area contributed by atoms with Crippen molar-refractivity contribution in [3.8, 4) is 5.75 Å². The number of nitrogens with one attached hydrogen (secondary N) is 1. The second kappa shape index (κ2) is 9.10. The van der Waals surface area contributed by atoms with Crippen LogP contribution in [0.25, 0.3) is 0 Å². The summed E-state index contributed by atoms with van der Waals surface area (Å²) in [6.45, 7) is 6.40. The van der Waals surface area contributed by atoms with Crippen molar-refractivity contribution < 1.29 is 9.53 Å². The minimum absolute atomic E-state index is 0.0110. The summed E-state index contributed by atoms with van der Waals surface area (Å²) in [5.74, 6) is 1.95. The van der Waals surface area contributed by atoms with Crippen LogP contribution in [0.3, 0.4) is 0 Å². The Kier molecular flexibility index (Phi) is 7.13. The van der Waals surface area contributed by atoms with E-state index in [9.17, 15) is 4.79 Å². The van der Waals surface area contributed by atoms with Crippen LogP contribution in [0, 0.1) is 5.92 Å². The second-order valence-electron chi connectivity index (χ2n) is 6.07. The van der Waals surface area contributed by atoms with Crippen molar-refractivity contribution in [1.82, 2.24) is 20.1 Å². The van der Waals surface area contributed by atoms with Crippen LogP contribution in [0.2, 0.25) is 5.02 Å². The van der Waals surface area contributed by atoms with E-state index in [-0.39, 0.29) is 18.6 Å². The first-order valence-electron chi connectivity index (χ1n) is 8.06. The average Bonchev–Trinajstić information content (AvgIpc) is 2.92. The Bertz CT molecular complexity index is 720. The molecule has 0 saturated carbocycles. The van der Waals surface area contributed by atoms with Crippen molar-refractivity contribution in [2.75, 3.05) is 5.75 Å². The molecule has 0 aliphatic carbocycles. The number of thioether (sulfide) groups is 1. The molecule has 0 aliphatic heterocycles. The molecular weight excluding hydrogens is 360 g/mol. The van der Waals surface area contributed by atoms with E-state index in [4.69, 9.17) is 16.3 Å². The highest BCUT2D eigenvalue weighted by atomic mass is 35.5. The maximum Gasteiger partial charge on any atom is 0.230 e. The first-order valence-corrected chi connectivity index (χ1v) is 9.42. The fraction of sp³-hybridized carbons (Fsp3) is 0.471. The standard InChI is InChI=1S/C17H23ClN4O2S/c1-11(2)12(3)19-16(23)10-25-17-21-20-15(22(17)4)9-24-14-8-6-5-7-13(14)18/h5-8,11-12H,9-10H2,1-4H3,(H,19,23). The normalized spacial score (nSPS) is 12.2. The Labute approximate surface area is 157 Å². The third-order valence-corrected chi connectivity index (χ3v) is 5.17. The quantitative estimate of drug-likeness (QED) is 0.709. The number of halogens is 1. The molecule has 0 fully saturated rings. The molecule has 0 spiro atoms. The maximum atomic E-state index is 12.0. The molecule has 1 N–H and O–H groups in total. The molecule has 6 nitrogen and oxygen atoms in total. The van der Waals surface area contributed by atoms with Crippen LogP contribution in [0.5, 0.6) is 5.75 Å². The number of aromatic nitrogens is 3. The molecule has 1 heterocycles. The van der Waals surface area contributed by atoms with E-state index in [0.29, 0.717) is 33.4 Å². The van der Waals surface area contributed by atoms with Gasteiger partial charge in [-0.2, -0.15) is 0 Å². The number of carbonyl (C=O) groups excluding carboxylic acids is 1. The predicted molar refractivity (Wildman–Crippen MR) is 100.0 cm³/mol. The van der Waals surface area contributed by atoms with E-state index in [1.54, 1.807) is 12.1 Å². The van der Waals surface area contributed by atoms with Gasteiger partial charge in [0.25, 0.3) is 0 Å². The molecule has 0 aliphatic rings. The summed E-state index contributed by atoms with van der Waals surface area (Å²) in [4.78, 5) is 12.0. The summed E-state index contributed by atoms with van der Waals surface area (Å²) in [6.07, 6.45) is 0. The fourth-order valence-electron chi connectivity index (χ4n) is 1.89. The Morgan fingerprint density at radius 3 is 2.72 bits per heavy atom. The van der Waals surface area contributed by atoms with Crippen LogP contribution in [0.1, 0.15) is 26.6 Å². The summed E-state index contributed by atoms with van der Waals surface area (Å²) in [7, 11) is 1.85. The zero-order valence-electron chi connectivity index (χ0n) is 14.8. The van der Waals surface area contributed by atoms with Crippen molar-refractivity contribution in [2.45, 2.75) is 38.6 Å². The van der Waals surface area contributed by atoms with Crippen LogP contribution in [-0.4, -0.2) is 32.5 Å². The molecule has 25 heavy (non-hydrogen) atoms. The lowest BCUT2D eigenvalue weighted by Crippen LogP contribution is -2.37. The van der Waals surface area contributed by atoms with Crippen molar-refractivity contribution in [2.24, 2.45) is 13.0 Å². The average molecular weight is 383 g/mol. The highest BCUT2D eigenvalue weighted by Crippen LogP contribution is 2.24. The Morgan fingerprint density at radius 1 is 1.32 bits per heavy atom. The van der Waals surface area contributed by atoms with Gasteiger partial charge in [-0.1, -0.05) is 49.3 Å². The van der Waals surface area contributed by atoms with Gasteiger partial charge in [-0.15, -0.1) is 10.2 Å². The number of rotatable bonds is 8. The minimum Gasteiger partial charge on any atom is -0.484 e. The van der Waals surface area contributed by atoms with E-state index in [1.165, 1.54) is 11.8 Å². The largest absolute Gasteiger partial charge is 0.484 e. The van der Waals surface area contributed by atoms with Gasteiger partial charge in [0, 0.05) is 13.1 Å². The van der Waals surface area contributed by atoms with Crippen LogP contribution < -0.4 is 10.1 Å². The lowest BCUT2D eigenvalue weighted by atomic mass is 10.1. The topological polar surface area (TPSA) is 69.0 Å². The summed E-state index contributed by atoms with van der Waals surface area (Å²) < 4.78 is 7.50. The molecule has 8 heteroatoms. The van der Waals surface area contributed by atoms with Crippen LogP contribution >= 0.6 is 23.4 Å². The molecule has 1 unspecified atom stereocenters. The highest BCUT2D eigenvalue weighted by molar-refractivity contribution is 7.99. The van der Waals surface area contributed by atoms with E-state index in [2.05, 4.69) is 29.4 Å². The van der Waals surface area contributed by atoms with Crippen molar-refractivity contribution in [3.05, 3.63) is 35.1 Å². The van der Waals surface area contributed by atoms with Crippen LogP contribution in [0.15, 0.2) is 29.4 Å². The fourth-order valence-corrected chi connectivity index (χ4v) is 2.82. The van der Waals surface area contributed by atoms with Crippen molar-refractivity contribution in [1.29, 1.82) is 0 Å². The lowest BCUT2D eigenvalue weighted by Gasteiger charge is -2.17. The number of hydrogen-bond acceptors (Lipinski definition) is 5. The van der Waals surface area contributed by atoms with E-state index >= 15 is 0 Å². The number of hydrogen-bond donors (Lipinski definition) is 1. The van der Waals surface area contributed by atoms with Gasteiger partial charge in [0.05, 0.1) is 10.8 Å². The van der Waals surface area contributed by atoms with Gasteiger partial charge < -0.3 is 14.6 Å². The zero-order valence-corrected chi connectivity index (χ0v) is 16.4. The van der Waals surface area contributed by atoms with Crippen LogP contribution in [-0.2, 0) is 18.4 Å². The zero-order chi connectivity index (χ0) is 18.4. The predicted octanol–water partition coefficient (Wildman–Crippen LogP) is 3.30. The van der Waals surface area contributed by atoms with Gasteiger partial charge in [-0.25, -0.2) is 0 Å². The lowest BCUT2D eigenvalue weighted by molar-refractivity contribution is -0.119. The van der Waals surface area contributed by atoms with Crippen molar-refractivity contribution in [3.63, 3.8) is 0 Å². The van der Waals surface area contributed by atoms with Crippen LogP contribution in [0.4, 0.5) is 0 Å². The van der Waals surface area contributed by atoms with Gasteiger partial charge in [0.1, 0.15) is 12.4 Å². The molecule has 136 valence electrons. The Morgan fingerprint density at radius 2 is 2.04 bits per heavy atom. The van der Waals surface area contributed by atoms with Crippen molar-refractivity contribution >= 4 is 29.3 Å². The maximum absolute atomic E-state index is 12.0. The van der Waals surface area contributed by atoms with Gasteiger partial charge in [-0.05, 0) is 25.0 Å². The molecule has 1 aromatic heterocycles. The molecule has 1 aromatic carbocycles. The molecule has 2 aromatic rings. The molecule has 0 saturated heterocycles. The molecule has 2 rings (SSSR count). The summed E-state index contributed by atoms with van der Waals surface area (Å²) in [5, 5.41) is 12.4. The van der Waals surface area contributed by atoms with E-state index in [1.807, 2.05) is 30.7 Å². The highest BCUT2D eigenvalue weighted by Gasteiger charge is 2.14. The molecule has 1 atom stereocenters. The second-order valence-corrected chi connectivity index (χ2v) is 7.42. The van der Waals surface area contributed by atoms with Gasteiger partial charge in [0.2, 0.25) is 5.91 Å². The smallest absolute Gasteiger partial charge is 0.230 e. The SMILES string of the molecule is CC(C)C(C)NC(=O)CSc1nnc(COc2ccccc2Cl)n1C. The van der Waals surface area contributed by atoms with E-state index in [0.717, 1.165) is 0 Å². The summed E-state index contributed by atoms with van der Waals surface area (Å²) in [5.41, 5.74) is 0. The number of nitrogens with zero attached hydrogens (tertiary/aromatic N) is 3. The first kappa shape index (κ1) is 19.6. The molecule has 1 amide bonds. The minimum atomic E-state index is -0.0110. The third-order valence-electron chi connectivity index (χ3n) is 3.84. The molecular formula is C17H23ClN4O2S. The van der Waals surface area contributed by atoms with Gasteiger partial charge in [-0.3, -0.25) is 4.79 Å². The summed E-state index contributed by atoms with van der Waals surface area (Å²) >= 11 is 7.42. The Hall–Kier alpha value is -1.73. The van der Waals surface area contributed by atoms with Gasteiger partial charge >= 0.3 is 0 Å². The number of para-hydroxylation sites is 1. The van der Waals surface area contributed by atoms with Gasteiger partial charge in [0.15, 0.2) is 11.0 Å². The first-order chi connectivity index (χ1) is 11.9. The molecule has 0 bridgehead atoms.